The van der Waals surface area contributed by atoms with Gasteiger partial charge in [-0.1, -0.05) is 23.2 Å². The third-order valence-corrected chi connectivity index (χ3v) is 4.32. The average molecular weight is 374 g/mol. The Hall–Kier alpha value is -1.76. The monoisotopic (exact) mass is 373 g/mol. The molecule has 1 amide bonds. The number of esters is 1. The number of methoxy groups -OCH3 is 1. The lowest BCUT2D eigenvalue weighted by Gasteiger charge is -2.15. The minimum absolute atomic E-state index is 0.321. The highest BCUT2D eigenvalue weighted by Gasteiger charge is 2.18. The maximum absolute atomic E-state index is 12.1. The summed E-state index contributed by atoms with van der Waals surface area (Å²) in [5.74, 6) is -0.456. The zero-order chi connectivity index (χ0) is 17.0. The molecule has 2 aromatic rings. The number of carbonyl (C=O) groups excluding carboxylic acids is 2. The van der Waals surface area contributed by atoms with Gasteiger partial charge in [0.2, 0.25) is 0 Å². The van der Waals surface area contributed by atoms with Gasteiger partial charge in [0.15, 0.2) is 6.10 Å². The molecule has 0 saturated heterocycles. The summed E-state index contributed by atoms with van der Waals surface area (Å²) in [6.07, 6.45) is -0.780. The van der Waals surface area contributed by atoms with Crippen molar-refractivity contribution in [3.63, 3.8) is 0 Å². The van der Waals surface area contributed by atoms with Gasteiger partial charge in [-0.25, -0.2) is 4.79 Å². The van der Waals surface area contributed by atoms with Gasteiger partial charge in [0.05, 0.1) is 17.1 Å². The van der Waals surface area contributed by atoms with E-state index in [0.717, 1.165) is 11.3 Å². The van der Waals surface area contributed by atoms with Crippen LogP contribution in [0.1, 0.15) is 16.6 Å². The molecule has 122 valence electrons. The molecule has 2 rings (SSSR count). The lowest BCUT2D eigenvalue weighted by molar-refractivity contribution is -0.122. The Morgan fingerprint density at radius 3 is 2.61 bits per heavy atom. The number of amides is 1. The molecule has 0 aliphatic heterocycles. The minimum Gasteiger partial charge on any atom is -0.479 e. The Morgan fingerprint density at radius 1 is 1.22 bits per heavy atom. The fourth-order valence-electron chi connectivity index (χ4n) is 1.65. The Balaban J connectivity index is 1.99. The predicted octanol–water partition coefficient (Wildman–Crippen LogP) is 4.25. The van der Waals surface area contributed by atoms with Gasteiger partial charge < -0.3 is 14.8 Å². The number of ether oxygens (including phenoxy) is 2. The van der Waals surface area contributed by atoms with Crippen molar-refractivity contribution in [2.45, 2.75) is 13.0 Å². The largest absolute Gasteiger partial charge is 0.479 e. The molecule has 5 nitrogen and oxygen atoms in total. The van der Waals surface area contributed by atoms with Crippen molar-refractivity contribution in [2.24, 2.45) is 0 Å². The zero-order valence-electron chi connectivity index (χ0n) is 12.3. The molecule has 0 aliphatic carbocycles. The normalized spacial score (nSPS) is 11.7. The summed E-state index contributed by atoms with van der Waals surface area (Å²) in [6.45, 7) is 1.59. The van der Waals surface area contributed by atoms with E-state index in [1.54, 1.807) is 31.2 Å². The molecule has 1 aromatic heterocycles. The fourth-order valence-corrected chi connectivity index (χ4v) is 2.93. The van der Waals surface area contributed by atoms with Crippen LogP contribution in [0, 0.1) is 0 Å². The van der Waals surface area contributed by atoms with Gasteiger partial charge in [-0.3, -0.25) is 4.79 Å². The van der Waals surface area contributed by atoms with Crippen molar-refractivity contribution in [1.82, 2.24) is 0 Å². The minimum atomic E-state index is -0.780. The van der Waals surface area contributed by atoms with Gasteiger partial charge in [-0.05, 0) is 37.3 Å². The Labute approximate surface area is 147 Å². The second kappa shape index (κ2) is 7.68. The van der Waals surface area contributed by atoms with Crippen molar-refractivity contribution >= 4 is 51.4 Å². The maximum atomic E-state index is 12.1. The molecular formula is C15H13Cl2NO4S. The van der Waals surface area contributed by atoms with Crippen LogP contribution in [-0.2, 0) is 9.53 Å². The van der Waals surface area contributed by atoms with Crippen LogP contribution in [0.3, 0.4) is 0 Å². The van der Waals surface area contributed by atoms with Crippen molar-refractivity contribution in [2.75, 3.05) is 12.4 Å². The van der Waals surface area contributed by atoms with Crippen LogP contribution in [0.4, 0.5) is 5.00 Å². The Morgan fingerprint density at radius 2 is 1.96 bits per heavy atom. The van der Waals surface area contributed by atoms with E-state index in [1.165, 1.54) is 13.2 Å². The molecule has 1 aromatic carbocycles. The number of halogens is 2. The lowest BCUT2D eigenvalue weighted by atomic mass is 10.3. The molecule has 0 spiro atoms. The van der Waals surface area contributed by atoms with Crippen LogP contribution >= 0.6 is 34.5 Å². The van der Waals surface area contributed by atoms with E-state index >= 15 is 0 Å². The standard InChI is InChI=1S/C15H13Cl2NO4S/c1-8(22-11-4-3-9(16)7-10(11)17)14(19)18-13-6-5-12(23-13)15(20)21-2/h3-8H,1-2H3,(H,18,19)/t8-/m0/s1. The van der Waals surface area contributed by atoms with Crippen LogP contribution in [0.5, 0.6) is 5.75 Å². The summed E-state index contributed by atoms with van der Waals surface area (Å²) in [5, 5.41) is 3.99. The molecule has 0 unspecified atom stereocenters. The molecule has 0 saturated carbocycles. The first-order valence-corrected chi connectivity index (χ1v) is 8.08. The second-order valence-corrected chi connectivity index (χ2v) is 6.41. The summed E-state index contributed by atoms with van der Waals surface area (Å²) in [4.78, 5) is 23.9. The van der Waals surface area contributed by atoms with Gasteiger partial charge in [0.25, 0.3) is 5.91 Å². The van der Waals surface area contributed by atoms with Crippen LogP contribution in [0.25, 0.3) is 0 Å². The molecule has 8 heteroatoms. The van der Waals surface area contributed by atoms with E-state index in [9.17, 15) is 9.59 Å². The smallest absolute Gasteiger partial charge is 0.348 e. The quantitative estimate of drug-likeness (QED) is 0.795. The number of benzene rings is 1. The second-order valence-electron chi connectivity index (χ2n) is 4.48. The van der Waals surface area contributed by atoms with E-state index < -0.39 is 12.1 Å². The summed E-state index contributed by atoms with van der Waals surface area (Å²) >= 11 is 12.9. The first-order valence-electron chi connectivity index (χ1n) is 6.51. The number of nitrogens with one attached hydrogen (secondary N) is 1. The highest BCUT2D eigenvalue weighted by atomic mass is 35.5. The van der Waals surface area contributed by atoms with Crippen molar-refractivity contribution in [3.05, 3.63) is 45.3 Å². The third-order valence-electron chi connectivity index (χ3n) is 2.81. The maximum Gasteiger partial charge on any atom is 0.348 e. The topological polar surface area (TPSA) is 64.6 Å². The van der Waals surface area contributed by atoms with Crippen molar-refractivity contribution in [1.29, 1.82) is 0 Å². The molecule has 23 heavy (non-hydrogen) atoms. The highest BCUT2D eigenvalue weighted by molar-refractivity contribution is 7.18. The summed E-state index contributed by atoms with van der Waals surface area (Å²) < 4.78 is 10.1. The molecule has 1 heterocycles. The van der Waals surface area contributed by atoms with E-state index in [4.69, 9.17) is 27.9 Å². The number of thiophene rings is 1. The molecule has 0 bridgehead atoms. The van der Waals surface area contributed by atoms with Crippen molar-refractivity contribution < 1.29 is 19.1 Å². The van der Waals surface area contributed by atoms with E-state index in [1.807, 2.05) is 0 Å². The van der Waals surface area contributed by atoms with Crippen LogP contribution in [0.15, 0.2) is 30.3 Å². The summed E-state index contributed by atoms with van der Waals surface area (Å²) in [6, 6.07) is 7.94. The van der Waals surface area contributed by atoms with E-state index in [0.29, 0.717) is 25.7 Å². The van der Waals surface area contributed by atoms with Gasteiger partial charge in [-0.15, -0.1) is 11.3 Å². The number of hydrogen-bond acceptors (Lipinski definition) is 5. The molecule has 1 atom stereocenters. The summed E-state index contributed by atoms with van der Waals surface area (Å²) in [5.41, 5.74) is 0. The first-order chi connectivity index (χ1) is 10.9. The lowest BCUT2D eigenvalue weighted by Crippen LogP contribution is -2.29. The van der Waals surface area contributed by atoms with E-state index in [2.05, 4.69) is 10.1 Å². The van der Waals surface area contributed by atoms with E-state index in [-0.39, 0.29) is 5.91 Å². The SMILES string of the molecule is COC(=O)c1ccc(NC(=O)[C@H](C)Oc2ccc(Cl)cc2Cl)s1. The zero-order valence-corrected chi connectivity index (χ0v) is 14.6. The number of anilines is 1. The van der Waals surface area contributed by atoms with Crippen molar-refractivity contribution in [3.8, 4) is 5.75 Å². The molecular weight excluding hydrogens is 361 g/mol. The third kappa shape index (κ3) is 4.60. The number of hydrogen-bond donors (Lipinski definition) is 1. The molecule has 0 aliphatic rings. The molecule has 0 radical (unpaired) electrons. The van der Waals surface area contributed by atoms with Gasteiger partial charge in [-0.2, -0.15) is 0 Å². The van der Waals surface area contributed by atoms with Crippen LogP contribution in [0.2, 0.25) is 10.0 Å². The van der Waals surface area contributed by atoms with Gasteiger partial charge >= 0.3 is 5.97 Å². The van der Waals surface area contributed by atoms with Crippen LogP contribution < -0.4 is 10.1 Å². The Bertz CT molecular complexity index is 732. The molecule has 0 fully saturated rings. The number of rotatable bonds is 5. The van der Waals surface area contributed by atoms with Gasteiger partial charge in [0, 0.05) is 5.02 Å². The molecule has 1 N–H and O–H groups in total. The average Bonchev–Trinajstić information content (AvgIpc) is 2.97. The van der Waals surface area contributed by atoms with Crippen LogP contribution in [-0.4, -0.2) is 25.1 Å². The van der Waals surface area contributed by atoms with Gasteiger partial charge in [0.1, 0.15) is 10.6 Å². The Kier molecular flexibility index (Phi) is 5.87. The summed E-state index contributed by atoms with van der Waals surface area (Å²) in [7, 11) is 1.30. The number of carbonyl (C=O) groups is 2. The predicted molar refractivity (Wildman–Crippen MR) is 90.8 cm³/mol. The first kappa shape index (κ1) is 17.6. The highest BCUT2D eigenvalue weighted by Crippen LogP contribution is 2.29. The fraction of sp³-hybridized carbons (Fsp3) is 0.200.